The van der Waals surface area contributed by atoms with Crippen LogP contribution in [0.4, 0.5) is 5.82 Å². The van der Waals surface area contributed by atoms with Crippen molar-refractivity contribution in [3.05, 3.63) is 72.1 Å². The van der Waals surface area contributed by atoms with Crippen LogP contribution in [0.15, 0.2) is 60.7 Å². The molecule has 30 heavy (non-hydrogen) atoms. The quantitative estimate of drug-likeness (QED) is 0.442. The molecule has 0 unspecified atom stereocenters. The van der Waals surface area contributed by atoms with E-state index in [1.165, 1.54) is 10.9 Å². The molecule has 0 spiro atoms. The van der Waals surface area contributed by atoms with Crippen molar-refractivity contribution < 1.29 is 4.74 Å². The molecule has 0 N–H and O–H groups in total. The van der Waals surface area contributed by atoms with Crippen molar-refractivity contribution in [1.29, 1.82) is 0 Å². The number of anilines is 1. The van der Waals surface area contributed by atoms with Gasteiger partial charge in [0.05, 0.1) is 18.1 Å². The van der Waals surface area contributed by atoms with Crippen LogP contribution in [0.1, 0.15) is 24.2 Å². The van der Waals surface area contributed by atoms with Crippen molar-refractivity contribution in [1.82, 2.24) is 19.6 Å². The van der Waals surface area contributed by atoms with E-state index in [1.807, 2.05) is 43.3 Å². The fourth-order valence-electron chi connectivity index (χ4n) is 3.96. The van der Waals surface area contributed by atoms with Gasteiger partial charge in [-0.3, -0.25) is 4.40 Å². The first kappa shape index (κ1) is 18.4. The highest BCUT2D eigenvalue weighted by molar-refractivity contribution is 5.85. The van der Waals surface area contributed by atoms with Gasteiger partial charge >= 0.3 is 0 Å². The van der Waals surface area contributed by atoms with Gasteiger partial charge < -0.3 is 9.64 Å². The summed E-state index contributed by atoms with van der Waals surface area (Å²) in [6, 6.07) is 20.8. The Bertz CT molecular complexity index is 1390. The highest BCUT2D eigenvalue weighted by Gasteiger charge is 2.21. The van der Waals surface area contributed by atoms with Crippen LogP contribution >= 0.6 is 0 Å². The summed E-state index contributed by atoms with van der Waals surface area (Å²) >= 11 is 0. The Balaban J connectivity index is 1.70. The van der Waals surface area contributed by atoms with Crippen molar-refractivity contribution in [2.45, 2.75) is 12.8 Å². The van der Waals surface area contributed by atoms with Gasteiger partial charge in [-0.15, -0.1) is 10.2 Å². The Morgan fingerprint density at radius 3 is 2.50 bits per heavy atom. The SMILES string of the molecule is COc1ccc2cc([C@H](C)c3nnc4c(N(C)C)nc5ccccc5n34)ccc2c1. The third-order valence-electron chi connectivity index (χ3n) is 5.62. The summed E-state index contributed by atoms with van der Waals surface area (Å²) in [6.45, 7) is 2.17. The molecule has 6 heteroatoms. The first-order valence-electron chi connectivity index (χ1n) is 9.95. The Morgan fingerprint density at radius 1 is 0.933 bits per heavy atom. The minimum Gasteiger partial charge on any atom is -0.497 e. The van der Waals surface area contributed by atoms with E-state index in [1.54, 1.807) is 7.11 Å². The molecule has 1 atom stereocenters. The maximum Gasteiger partial charge on any atom is 0.204 e. The molecule has 2 aromatic heterocycles. The lowest BCUT2D eigenvalue weighted by Crippen LogP contribution is -2.13. The number of para-hydroxylation sites is 2. The summed E-state index contributed by atoms with van der Waals surface area (Å²) in [7, 11) is 5.65. The molecule has 0 saturated carbocycles. The summed E-state index contributed by atoms with van der Waals surface area (Å²) in [5.41, 5.74) is 3.89. The molecule has 0 fully saturated rings. The van der Waals surface area contributed by atoms with Gasteiger partial charge in [-0.05, 0) is 40.6 Å². The molecule has 5 aromatic rings. The molecular weight excluding hydrogens is 374 g/mol. The van der Waals surface area contributed by atoms with E-state index in [9.17, 15) is 0 Å². The second-order valence-electron chi connectivity index (χ2n) is 7.73. The van der Waals surface area contributed by atoms with Gasteiger partial charge in [0.15, 0.2) is 5.82 Å². The zero-order chi connectivity index (χ0) is 20.8. The number of ether oxygens (including phenoxy) is 1. The van der Waals surface area contributed by atoms with E-state index in [0.717, 1.165) is 39.5 Å². The minimum atomic E-state index is 0.0623. The summed E-state index contributed by atoms with van der Waals surface area (Å²) in [5.74, 6) is 2.64. The Hall–Kier alpha value is -3.67. The minimum absolute atomic E-state index is 0.0623. The highest BCUT2D eigenvalue weighted by atomic mass is 16.5. The molecule has 0 bridgehead atoms. The zero-order valence-electron chi connectivity index (χ0n) is 17.5. The van der Waals surface area contributed by atoms with Gasteiger partial charge in [0, 0.05) is 20.0 Å². The standard InChI is InChI=1S/C24H23N5O/c1-15(16-9-10-18-14-19(30-4)12-11-17(18)13-16)22-26-27-24-23(28(2)3)25-20-7-5-6-8-21(20)29(22)24/h5-15H,1-4H3/t15-/m0/s1. The van der Waals surface area contributed by atoms with Crippen molar-refractivity contribution in [2.24, 2.45) is 0 Å². The van der Waals surface area contributed by atoms with Crippen LogP contribution < -0.4 is 9.64 Å². The lowest BCUT2D eigenvalue weighted by Gasteiger charge is -2.16. The maximum absolute atomic E-state index is 5.35. The van der Waals surface area contributed by atoms with E-state index in [2.05, 4.69) is 57.9 Å². The number of methoxy groups -OCH3 is 1. The first-order valence-corrected chi connectivity index (χ1v) is 9.95. The molecular formula is C24H23N5O. The molecule has 3 aromatic carbocycles. The summed E-state index contributed by atoms with van der Waals surface area (Å²) in [5, 5.41) is 11.4. The van der Waals surface area contributed by atoms with Crippen molar-refractivity contribution in [3.8, 4) is 5.75 Å². The van der Waals surface area contributed by atoms with Crippen LogP contribution in [0.5, 0.6) is 5.75 Å². The fraction of sp³-hybridized carbons (Fsp3) is 0.208. The topological polar surface area (TPSA) is 55.6 Å². The van der Waals surface area contributed by atoms with Crippen LogP contribution in [0.2, 0.25) is 0 Å². The lowest BCUT2D eigenvalue weighted by atomic mass is 9.97. The molecule has 0 radical (unpaired) electrons. The summed E-state index contributed by atoms with van der Waals surface area (Å²) < 4.78 is 7.49. The first-order chi connectivity index (χ1) is 14.6. The molecule has 0 saturated heterocycles. The lowest BCUT2D eigenvalue weighted by molar-refractivity contribution is 0.415. The number of aromatic nitrogens is 4. The van der Waals surface area contributed by atoms with Gasteiger partial charge in [0.2, 0.25) is 5.65 Å². The van der Waals surface area contributed by atoms with Crippen molar-refractivity contribution in [3.63, 3.8) is 0 Å². The van der Waals surface area contributed by atoms with Crippen LogP contribution in [-0.4, -0.2) is 40.8 Å². The van der Waals surface area contributed by atoms with E-state index < -0.39 is 0 Å². The average Bonchev–Trinajstić information content (AvgIpc) is 3.22. The van der Waals surface area contributed by atoms with Crippen LogP contribution in [-0.2, 0) is 0 Å². The molecule has 5 rings (SSSR count). The molecule has 0 aliphatic heterocycles. The van der Waals surface area contributed by atoms with Gasteiger partial charge in [0.25, 0.3) is 0 Å². The van der Waals surface area contributed by atoms with Gasteiger partial charge in [-0.25, -0.2) is 4.98 Å². The van der Waals surface area contributed by atoms with E-state index in [0.29, 0.717) is 0 Å². The average molecular weight is 397 g/mol. The Morgan fingerprint density at radius 2 is 1.70 bits per heavy atom. The van der Waals surface area contributed by atoms with Gasteiger partial charge in [-0.2, -0.15) is 0 Å². The summed E-state index contributed by atoms with van der Waals surface area (Å²) in [4.78, 5) is 6.78. The number of hydrogen-bond acceptors (Lipinski definition) is 5. The normalized spacial score (nSPS) is 12.5. The van der Waals surface area contributed by atoms with E-state index >= 15 is 0 Å². The van der Waals surface area contributed by atoms with Crippen LogP contribution in [0.3, 0.4) is 0 Å². The molecule has 0 amide bonds. The monoisotopic (exact) mass is 397 g/mol. The van der Waals surface area contributed by atoms with E-state index in [-0.39, 0.29) is 5.92 Å². The molecule has 2 heterocycles. The second-order valence-corrected chi connectivity index (χ2v) is 7.73. The van der Waals surface area contributed by atoms with Crippen molar-refractivity contribution >= 4 is 33.3 Å². The summed E-state index contributed by atoms with van der Waals surface area (Å²) in [6.07, 6.45) is 0. The smallest absolute Gasteiger partial charge is 0.204 e. The number of nitrogens with zero attached hydrogens (tertiary/aromatic N) is 5. The van der Waals surface area contributed by atoms with Gasteiger partial charge in [0.1, 0.15) is 11.6 Å². The second kappa shape index (κ2) is 6.99. The third-order valence-corrected chi connectivity index (χ3v) is 5.62. The molecule has 6 nitrogen and oxygen atoms in total. The van der Waals surface area contributed by atoms with Crippen LogP contribution in [0.25, 0.3) is 27.5 Å². The largest absolute Gasteiger partial charge is 0.497 e. The zero-order valence-corrected chi connectivity index (χ0v) is 17.5. The number of benzene rings is 3. The Kier molecular flexibility index (Phi) is 4.28. The molecule has 150 valence electrons. The Labute approximate surface area is 174 Å². The molecule has 0 aliphatic rings. The third kappa shape index (κ3) is 2.84. The van der Waals surface area contributed by atoms with E-state index in [4.69, 9.17) is 9.72 Å². The fourth-order valence-corrected chi connectivity index (χ4v) is 3.96. The maximum atomic E-state index is 5.35. The predicted molar refractivity (Wildman–Crippen MR) is 121 cm³/mol. The molecule has 0 aliphatic carbocycles. The van der Waals surface area contributed by atoms with Gasteiger partial charge in [-0.1, -0.05) is 43.3 Å². The predicted octanol–water partition coefficient (Wildman–Crippen LogP) is 4.66. The van der Waals surface area contributed by atoms with Crippen molar-refractivity contribution in [2.75, 3.05) is 26.1 Å². The number of hydrogen-bond donors (Lipinski definition) is 0. The highest BCUT2D eigenvalue weighted by Crippen LogP contribution is 2.31. The van der Waals surface area contributed by atoms with Crippen LogP contribution in [0, 0.1) is 0 Å². The number of rotatable bonds is 4. The number of fused-ring (bicyclic) bond motifs is 4.